The summed E-state index contributed by atoms with van der Waals surface area (Å²) in [5, 5.41) is 7.56. The van der Waals surface area contributed by atoms with Gasteiger partial charge in [-0.05, 0) is 23.3 Å². The van der Waals surface area contributed by atoms with Gasteiger partial charge in [-0.15, -0.1) is 0 Å². The van der Waals surface area contributed by atoms with Gasteiger partial charge in [0.2, 0.25) is 5.91 Å². The van der Waals surface area contributed by atoms with Gasteiger partial charge >= 0.3 is 6.18 Å². The topological polar surface area (TPSA) is 65.8 Å². The molecule has 0 radical (unpaired) electrons. The Labute approximate surface area is 163 Å². The number of nitrogens with zero attached hydrogens (tertiary/aromatic N) is 2. The molecule has 2 aliphatic heterocycles. The number of benzene rings is 2. The Morgan fingerprint density at radius 1 is 1.18 bits per heavy atom. The zero-order valence-corrected chi connectivity index (χ0v) is 15.3. The summed E-state index contributed by atoms with van der Waals surface area (Å²) in [4.78, 5) is 15.7. The van der Waals surface area contributed by atoms with Crippen molar-refractivity contribution in [2.75, 3.05) is 11.1 Å². The lowest BCUT2D eigenvalue weighted by molar-refractivity contribution is -0.138. The average Bonchev–Trinajstić information content (AvgIpc) is 3.05. The van der Waals surface area contributed by atoms with Crippen LogP contribution in [0.2, 0.25) is 0 Å². The molecule has 2 aromatic carbocycles. The number of carbonyl (C=O) groups excluding carboxylic acids is 1. The number of alkyl halides is 3. The summed E-state index contributed by atoms with van der Waals surface area (Å²) < 4.78 is 39.2. The lowest BCUT2D eigenvalue weighted by Gasteiger charge is -2.16. The van der Waals surface area contributed by atoms with Crippen LogP contribution < -0.4 is 10.7 Å². The number of halogens is 3. The number of nitrogens with one attached hydrogen (secondary N) is 2. The number of hydrogen-bond donors (Lipinski definition) is 2. The summed E-state index contributed by atoms with van der Waals surface area (Å²) in [6.45, 7) is -0.0826. The summed E-state index contributed by atoms with van der Waals surface area (Å²) in [7, 11) is 0. The van der Waals surface area contributed by atoms with Gasteiger partial charge in [-0.3, -0.25) is 15.2 Å². The van der Waals surface area contributed by atoms with E-state index in [1.54, 1.807) is 6.07 Å². The maximum Gasteiger partial charge on any atom is 0.416 e. The number of anilines is 1. The van der Waals surface area contributed by atoms with Crippen LogP contribution in [-0.4, -0.2) is 22.5 Å². The van der Waals surface area contributed by atoms with Crippen LogP contribution in [0, 0.1) is 0 Å². The third kappa shape index (κ3) is 3.89. The Hall–Kier alpha value is -2.81. The van der Waals surface area contributed by atoms with Gasteiger partial charge in [0.1, 0.15) is 0 Å². The third-order valence-electron chi connectivity index (χ3n) is 4.42. The molecule has 2 heterocycles. The number of thioether (sulfide) groups is 1. The number of hydrazone groups is 1. The van der Waals surface area contributed by atoms with E-state index >= 15 is 0 Å². The second-order valence-electron chi connectivity index (χ2n) is 6.33. The Kier molecular flexibility index (Phi) is 4.84. The van der Waals surface area contributed by atoms with Crippen molar-refractivity contribution in [2.24, 2.45) is 10.1 Å². The van der Waals surface area contributed by atoms with Crippen molar-refractivity contribution in [2.45, 2.75) is 19.1 Å². The lowest BCUT2D eigenvalue weighted by atomic mass is 10.1. The van der Waals surface area contributed by atoms with Gasteiger partial charge in [-0.25, -0.2) is 0 Å². The summed E-state index contributed by atoms with van der Waals surface area (Å²) >= 11 is 1.37. The van der Waals surface area contributed by atoms with Gasteiger partial charge in [0.25, 0.3) is 0 Å². The monoisotopic (exact) mass is 404 g/mol. The predicted octanol–water partition coefficient (Wildman–Crippen LogP) is 3.80. The van der Waals surface area contributed by atoms with Crippen molar-refractivity contribution in [3.63, 3.8) is 0 Å². The first-order chi connectivity index (χ1) is 13.4. The molecular formula is C19H15F3N4OS. The van der Waals surface area contributed by atoms with E-state index in [0.29, 0.717) is 17.3 Å². The lowest BCUT2D eigenvalue weighted by Crippen LogP contribution is -2.25. The van der Waals surface area contributed by atoms with E-state index < -0.39 is 11.7 Å². The molecule has 1 amide bonds. The third-order valence-corrected chi connectivity index (χ3v) is 5.33. The van der Waals surface area contributed by atoms with Crippen LogP contribution in [0.4, 0.5) is 18.9 Å². The van der Waals surface area contributed by atoms with Gasteiger partial charge in [-0.2, -0.15) is 18.3 Å². The fourth-order valence-electron chi connectivity index (χ4n) is 3.03. The summed E-state index contributed by atoms with van der Waals surface area (Å²) in [6, 6.07) is 11.1. The molecule has 0 unspecified atom stereocenters. The van der Waals surface area contributed by atoms with Crippen LogP contribution in [0.25, 0.3) is 0 Å². The quantitative estimate of drug-likeness (QED) is 0.818. The Morgan fingerprint density at radius 3 is 2.75 bits per heavy atom. The van der Waals surface area contributed by atoms with Crippen molar-refractivity contribution in [1.82, 2.24) is 5.43 Å². The molecule has 0 saturated carbocycles. The highest BCUT2D eigenvalue weighted by molar-refractivity contribution is 8.14. The van der Waals surface area contributed by atoms with Crippen molar-refractivity contribution < 1.29 is 18.0 Å². The molecular weight excluding hydrogens is 389 g/mol. The average molecular weight is 404 g/mol. The smallest absolute Gasteiger partial charge is 0.326 e. The molecule has 0 bridgehead atoms. The molecule has 2 aromatic rings. The van der Waals surface area contributed by atoms with Gasteiger partial charge < -0.3 is 5.32 Å². The Balaban J connectivity index is 1.46. The van der Waals surface area contributed by atoms with Gasteiger partial charge in [-0.1, -0.05) is 42.1 Å². The molecule has 2 aliphatic rings. The molecule has 2 N–H and O–H groups in total. The minimum absolute atomic E-state index is 0.0289. The van der Waals surface area contributed by atoms with Crippen molar-refractivity contribution in [3.05, 3.63) is 64.7 Å². The molecule has 0 saturated heterocycles. The highest BCUT2D eigenvalue weighted by Gasteiger charge is 2.32. The van der Waals surface area contributed by atoms with Crippen LogP contribution in [-0.2, 0) is 23.9 Å². The van der Waals surface area contributed by atoms with Gasteiger partial charge in [0.05, 0.1) is 24.2 Å². The normalized spacial score (nSPS) is 17.8. The minimum Gasteiger partial charge on any atom is -0.326 e. The number of fused-ring (bicyclic) bond motifs is 1. The molecule has 0 atom stereocenters. The van der Waals surface area contributed by atoms with Crippen LogP contribution >= 0.6 is 11.8 Å². The van der Waals surface area contributed by atoms with E-state index in [4.69, 9.17) is 0 Å². The van der Waals surface area contributed by atoms with Crippen molar-refractivity contribution in [3.8, 4) is 0 Å². The minimum atomic E-state index is -4.40. The summed E-state index contributed by atoms with van der Waals surface area (Å²) in [5.74, 6) is 0.498. The van der Waals surface area contributed by atoms with E-state index in [0.717, 1.165) is 28.6 Å². The fourth-order valence-corrected chi connectivity index (χ4v) is 3.80. The fraction of sp³-hybridized carbons (Fsp3) is 0.211. The first-order valence-electron chi connectivity index (χ1n) is 8.48. The molecule has 5 nitrogen and oxygen atoms in total. The predicted molar refractivity (Wildman–Crippen MR) is 103 cm³/mol. The number of amidine groups is 1. The zero-order valence-electron chi connectivity index (χ0n) is 14.5. The van der Waals surface area contributed by atoms with Crippen LogP contribution in [0.3, 0.4) is 0 Å². The van der Waals surface area contributed by atoms with E-state index in [1.807, 2.05) is 18.2 Å². The highest BCUT2D eigenvalue weighted by atomic mass is 32.2. The number of amides is 1. The zero-order chi connectivity index (χ0) is 19.7. The highest BCUT2D eigenvalue weighted by Crippen LogP contribution is 2.32. The van der Waals surface area contributed by atoms with Crippen molar-refractivity contribution >= 4 is 34.2 Å². The maximum atomic E-state index is 13.1. The second kappa shape index (κ2) is 7.31. The largest absolute Gasteiger partial charge is 0.416 e. The van der Waals surface area contributed by atoms with Crippen LogP contribution in [0.15, 0.2) is 52.6 Å². The number of hydrogen-bond acceptors (Lipinski definition) is 4. The maximum absolute atomic E-state index is 13.1. The molecule has 0 aliphatic carbocycles. The molecule has 0 spiro atoms. The van der Waals surface area contributed by atoms with E-state index in [1.165, 1.54) is 23.9 Å². The Bertz CT molecular complexity index is 1000. The first kappa shape index (κ1) is 18.5. The van der Waals surface area contributed by atoms with E-state index in [9.17, 15) is 18.0 Å². The SMILES string of the molecule is O=C1Cc2ccc(C3=NNC(=NCc4ccccc4C(F)(F)F)SC3)cc2N1. The number of carbonyl (C=O) groups is 1. The van der Waals surface area contributed by atoms with Gasteiger partial charge in [0, 0.05) is 17.0 Å². The Morgan fingerprint density at radius 2 is 2.00 bits per heavy atom. The molecule has 0 aromatic heterocycles. The first-order valence-corrected chi connectivity index (χ1v) is 9.47. The molecule has 4 rings (SSSR count). The van der Waals surface area contributed by atoms with Crippen molar-refractivity contribution in [1.29, 1.82) is 0 Å². The van der Waals surface area contributed by atoms with E-state index in [2.05, 4.69) is 20.8 Å². The van der Waals surface area contributed by atoms with Crippen LogP contribution in [0.1, 0.15) is 22.3 Å². The van der Waals surface area contributed by atoms with Gasteiger partial charge in [0.15, 0.2) is 5.17 Å². The summed E-state index contributed by atoms with van der Waals surface area (Å²) in [5.41, 5.74) is 5.65. The summed E-state index contributed by atoms with van der Waals surface area (Å²) in [6.07, 6.45) is -4.02. The second-order valence-corrected chi connectivity index (χ2v) is 7.30. The molecule has 28 heavy (non-hydrogen) atoms. The standard InChI is InChI=1S/C19H15F3N4OS/c20-19(21,22)14-4-2-1-3-13(14)9-23-18-26-25-16(10-28-18)11-5-6-12-8-17(27)24-15(12)7-11/h1-7H,8-10H2,(H,23,26)(H,24,27). The molecule has 9 heteroatoms. The number of rotatable bonds is 3. The van der Waals surface area contributed by atoms with Crippen LogP contribution in [0.5, 0.6) is 0 Å². The van der Waals surface area contributed by atoms with E-state index in [-0.39, 0.29) is 18.0 Å². The molecule has 0 fully saturated rings. The number of aliphatic imine (C=N–C) groups is 1. The molecule has 144 valence electrons.